The summed E-state index contributed by atoms with van der Waals surface area (Å²) in [6.07, 6.45) is 3.55. The van der Waals surface area contributed by atoms with Crippen LogP contribution in [0.25, 0.3) is 0 Å². The number of nitrogens with one attached hydrogen (secondary N) is 2. The maximum atomic E-state index is 12.7. The Labute approximate surface area is 176 Å². The van der Waals surface area contributed by atoms with Gasteiger partial charge in [-0.15, -0.1) is 0 Å². The van der Waals surface area contributed by atoms with Gasteiger partial charge in [0.15, 0.2) is 5.75 Å². The molecule has 2 rings (SSSR count). The molecule has 0 aromatic carbocycles. The molecule has 0 atom stereocenters. The maximum absolute atomic E-state index is 12.7. The number of hydrogen-bond donors (Lipinski definition) is 2. The van der Waals surface area contributed by atoms with E-state index in [1.807, 2.05) is 27.7 Å². The third kappa shape index (κ3) is 6.27. The number of methoxy groups -OCH3 is 1. The fourth-order valence-electron chi connectivity index (χ4n) is 2.90. The van der Waals surface area contributed by atoms with Gasteiger partial charge in [-0.1, -0.05) is 27.7 Å². The minimum atomic E-state index is -0.686. The fraction of sp³-hybridized carbons (Fsp3) is 0.409. The number of nitriles is 1. The van der Waals surface area contributed by atoms with Crippen LogP contribution in [0.1, 0.15) is 51.8 Å². The van der Waals surface area contributed by atoms with Crippen LogP contribution in [0.4, 0.5) is 11.5 Å². The van der Waals surface area contributed by atoms with Gasteiger partial charge in [0.1, 0.15) is 5.82 Å². The number of carbonyl (C=O) groups excluding carboxylic acids is 2. The second kappa shape index (κ2) is 9.83. The maximum Gasteiger partial charge on any atom is 0.225 e. The van der Waals surface area contributed by atoms with Gasteiger partial charge in [-0.25, -0.2) is 4.98 Å². The Morgan fingerprint density at radius 2 is 1.97 bits per heavy atom. The van der Waals surface area contributed by atoms with Gasteiger partial charge < -0.3 is 15.4 Å². The third-order valence-corrected chi connectivity index (χ3v) is 4.39. The van der Waals surface area contributed by atoms with E-state index in [0.717, 1.165) is 0 Å². The van der Waals surface area contributed by atoms with Crippen LogP contribution < -0.4 is 15.4 Å². The minimum absolute atomic E-state index is 0.111. The molecule has 0 aliphatic rings. The Morgan fingerprint density at radius 1 is 1.23 bits per heavy atom. The smallest absolute Gasteiger partial charge is 0.225 e. The van der Waals surface area contributed by atoms with Crippen LogP contribution in [0.5, 0.6) is 5.75 Å². The van der Waals surface area contributed by atoms with Crippen molar-refractivity contribution in [2.75, 3.05) is 17.7 Å². The molecule has 2 amide bonds. The van der Waals surface area contributed by atoms with Crippen LogP contribution in [0.3, 0.4) is 0 Å². The van der Waals surface area contributed by atoms with Crippen molar-refractivity contribution in [3.05, 3.63) is 41.9 Å². The molecule has 158 valence electrons. The van der Waals surface area contributed by atoms with Crippen molar-refractivity contribution in [2.24, 2.45) is 5.92 Å². The standard InChI is InChI=1S/C22H27N5O3/c1-14(2)8-20(28)27-19-10-15(12-23)9-18(26-19)22(3,4)11-21(29)25-16-6-7-24-13-17(16)30-5/h6-7,9-10,13-14H,8,11H2,1-5H3,(H,24,25,29)(H,26,27,28). The number of pyridine rings is 2. The van der Waals surface area contributed by atoms with Crippen molar-refractivity contribution in [1.82, 2.24) is 9.97 Å². The van der Waals surface area contributed by atoms with E-state index in [1.165, 1.54) is 19.4 Å². The molecule has 0 saturated heterocycles. The summed E-state index contributed by atoms with van der Waals surface area (Å²) in [5, 5.41) is 14.9. The van der Waals surface area contributed by atoms with E-state index in [1.54, 1.807) is 18.3 Å². The summed E-state index contributed by atoms with van der Waals surface area (Å²) in [6, 6.07) is 6.90. The number of anilines is 2. The van der Waals surface area contributed by atoms with Crippen molar-refractivity contribution in [3.8, 4) is 11.8 Å². The average molecular weight is 409 g/mol. The number of hydrogen-bond acceptors (Lipinski definition) is 6. The molecule has 0 unspecified atom stereocenters. The van der Waals surface area contributed by atoms with Crippen molar-refractivity contribution < 1.29 is 14.3 Å². The number of ether oxygens (including phenoxy) is 1. The van der Waals surface area contributed by atoms with Crippen LogP contribution >= 0.6 is 0 Å². The monoisotopic (exact) mass is 409 g/mol. The topological polar surface area (TPSA) is 117 Å². The van der Waals surface area contributed by atoms with E-state index in [9.17, 15) is 14.9 Å². The normalized spacial score (nSPS) is 11.0. The molecule has 2 N–H and O–H groups in total. The summed E-state index contributed by atoms with van der Waals surface area (Å²) < 4.78 is 5.21. The third-order valence-electron chi connectivity index (χ3n) is 4.39. The Bertz CT molecular complexity index is 963. The second-order valence-corrected chi connectivity index (χ2v) is 8.07. The van der Waals surface area contributed by atoms with Gasteiger partial charge in [-0.05, 0) is 24.1 Å². The summed E-state index contributed by atoms with van der Waals surface area (Å²) in [6.45, 7) is 7.62. The zero-order valence-corrected chi connectivity index (χ0v) is 17.9. The van der Waals surface area contributed by atoms with Crippen LogP contribution in [0, 0.1) is 17.2 Å². The van der Waals surface area contributed by atoms with E-state index < -0.39 is 5.41 Å². The van der Waals surface area contributed by atoms with Crippen molar-refractivity contribution >= 4 is 23.3 Å². The van der Waals surface area contributed by atoms with Gasteiger partial charge >= 0.3 is 0 Å². The van der Waals surface area contributed by atoms with Gasteiger partial charge in [-0.3, -0.25) is 14.6 Å². The Hall–Kier alpha value is -3.47. The first-order valence-corrected chi connectivity index (χ1v) is 9.65. The number of rotatable bonds is 8. The first kappa shape index (κ1) is 22.8. The van der Waals surface area contributed by atoms with Crippen LogP contribution in [-0.2, 0) is 15.0 Å². The lowest BCUT2D eigenvalue weighted by atomic mass is 9.84. The molecule has 0 fully saturated rings. The Kier molecular flexibility index (Phi) is 7.48. The number of amides is 2. The highest BCUT2D eigenvalue weighted by Gasteiger charge is 2.27. The Balaban J connectivity index is 2.21. The van der Waals surface area contributed by atoms with Gasteiger partial charge in [-0.2, -0.15) is 5.26 Å². The van der Waals surface area contributed by atoms with Gasteiger partial charge in [0.2, 0.25) is 11.8 Å². The highest BCUT2D eigenvalue weighted by atomic mass is 16.5. The summed E-state index contributed by atoms with van der Waals surface area (Å²) >= 11 is 0. The van der Waals surface area contributed by atoms with E-state index in [0.29, 0.717) is 34.9 Å². The zero-order chi connectivity index (χ0) is 22.3. The molecule has 0 aliphatic heterocycles. The SMILES string of the molecule is COc1cnccc1NC(=O)CC(C)(C)c1cc(C#N)cc(NC(=O)CC(C)C)n1. The van der Waals surface area contributed by atoms with Crippen LogP contribution in [0.15, 0.2) is 30.6 Å². The largest absolute Gasteiger partial charge is 0.493 e. The molecule has 0 bridgehead atoms. The first-order valence-electron chi connectivity index (χ1n) is 9.65. The van der Waals surface area contributed by atoms with Crippen molar-refractivity contribution in [3.63, 3.8) is 0 Å². The molecule has 2 aromatic rings. The highest BCUT2D eigenvalue weighted by molar-refractivity contribution is 5.93. The average Bonchev–Trinajstić information content (AvgIpc) is 2.66. The van der Waals surface area contributed by atoms with E-state index in [4.69, 9.17) is 4.74 Å². The number of aromatic nitrogens is 2. The first-order chi connectivity index (χ1) is 14.1. The predicted octanol–water partition coefficient (Wildman–Crippen LogP) is 3.65. The molecule has 30 heavy (non-hydrogen) atoms. The zero-order valence-electron chi connectivity index (χ0n) is 17.9. The summed E-state index contributed by atoms with van der Waals surface area (Å²) in [5.41, 5.74) is 0.741. The van der Waals surface area contributed by atoms with Crippen LogP contribution in [0.2, 0.25) is 0 Å². The lowest BCUT2D eigenvalue weighted by Gasteiger charge is -2.24. The van der Waals surface area contributed by atoms with E-state index in [-0.39, 0.29) is 24.2 Å². The molecule has 2 heterocycles. The molecule has 0 aliphatic carbocycles. The Morgan fingerprint density at radius 3 is 2.60 bits per heavy atom. The van der Waals surface area contributed by atoms with Gasteiger partial charge in [0.25, 0.3) is 0 Å². The lowest BCUT2D eigenvalue weighted by molar-refractivity contribution is -0.118. The van der Waals surface area contributed by atoms with E-state index >= 15 is 0 Å². The summed E-state index contributed by atoms with van der Waals surface area (Å²) in [5.74, 6) is 0.564. The molecular formula is C22H27N5O3. The quantitative estimate of drug-likeness (QED) is 0.687. The predicted molar refractivity (Wildman–Crippen MR) is 114 cm³/mol. The van der Waals surface area contributed by atoms with E-state index in [2.05, 4.69) is 26.7 Å². The number of nitrogens with zero attached hydrogens (tertiary/aromatic N) is 3. The minimum Gasteiger partial charge on any atom is -0.493 e. The number of carbonyl (C=O) groups is 2. The molecule has 0 spiro atoms. The second-order valence-electron chi connectivity index (χ2n) is 8.07. The van der Waals surface area contributed by atoms with Crippen molar-refractivity contribution in [1.29, 1.82) is 5.26 Å². The molecular weight excluding hydrogens is 382 g/mol. The van der Waals surface area contributed by atoms with Gasteiger partial charge in [0.05, 0.1) is 36.3 Å². The molecule has 2 aromatic heterocycles. The van der Waals surface area contributed by atoms with Crippen LogP contribution in [-0.4, -0.2) is 28.9 Å². The fourth-order valence-corrected chi connectivity index (χ4v) is 2.90. The van der Waals surface area contributed by atoms with Crippen molar-refractivity contribution in [2.45, 2.75) is 46.0 Å². The molecule has 8 heteroatoms. The molecule has 8 nitrogen and oxygen atoms in total. The summed E-state index contributed by atoms with van der Waals surface area (Å²) in [4.78, 5) is 33.2. The highest BCUT2D eigenvalue weighted by Crippen LogP contribution is 2.29. The lowest BCUT2D eigenvalue weighted by Crippen LogP contribution is -2.27. The summed E-state index contributed by atoms with van der Waals surface area (Å²) in [7, 11) is 1.50. The molecule has 0 saturated carbocycles. The van der Waals surface area contributed by atoms with Gasteiger partial charge in [0, 0.05) is 24.5 Å². The molecule has 0 radical (unpaired) electrons.